The van der Waals surface area contributed by atoms with E-state index < -0.39 is 0 Å². The molecule has 6 heteroatoms. The summed E-state index contributed by atoms with van der Waals surface area (Å²) in [6, 6.07) is 5.82. The van der Waals surface area contributed by atoms with Crippen LogP contribution in [0.3, 0.4) is 0 Å². The summed E-state index contributed by atoms with van der Waals surface area (Å²) in [6.07, 6.45) is 0.806. The van der Waals surface area contributed by atoms with Gasteiger partial charge >= 0.3 is 0 Å². The highest BCUT2D eigenvalue weighted by atomic mass is 79.9. The van der Waals surface area contributed by atoms with E-state index in [1.54, 1.807) is 0 Å². The number of para-hydroxylation sites is 1. The molecule has 0 aliphatic rings. The summed E-state index contributed by atoms with van der Waals surface area (Å²) in [4.78, 5) is 0. The molecule has 0 amide bonds. The molecule has 0 radical (unpaired) electrons. The fraction of sp³-hybridized carbons (Fsp3) is 0.400. The molecule has 0 aliphatic carbocycles. The van der Waals surface area contributed by atoms with Crippen LogP contribution in [0.2, 0.25) is 5.02 Å². The highest BCUT2D eigenvalue weighted by Gasteiger charge is 2.16. The van der Waals surface area contributed by atoms with Gasteiger partial charge in [0.2, 0.25) is 0 Å². The van der Waals surface area contributed by atoms with Gasteiger partial charge in [0.1, 0.15) is 12.4 Å². The summed E-state index contributed by atoms with van der Waals surface area (Å²) < 4.78 is 8.72. The van der Waals surface area contributed by atoms with Gasteiger partial charge in [-0.3, -0.25) is 4.68 Å². The first kappa shape index (κ1) is 16.7. The number of aryl methyl sites for hydroxylation is 2. The fourth-order valence-electron chi connectivity index (χ4n) is 2.12. The summed E-state index contributed by atoms with van der Waals surface area (Å²) in [5.41, 5.74) is 2.74. The molecule has 1 heterocycles. The molecule has 0 fully saturated rings. The average molecular weight is 392 g/mol. The Bertz CT molecular complexity index is 628. The third-order valence-electron chi connectivity index (χ3n) is 3.24. The maximum atomic E-state index is 6.39. The van der Waals surface area contributed by atoms with Gasteiger partial charge in [0.05, 0.1) is 26.8 Å². The van der Waals surface area contributed by atoms with Crippen molar-refractivity contribution in [2.24, 2.45) is 0 Å². The molecule has 0 aliphatic heterocycles. The Labute approximate surface area is 143 Å². The second kappa shape index (κ2) is 7.52. The van der Waals surface area contributed by atoms with Crippen LogP contribution in [0.1, 0.15) is 30.8 Å². The van der Waals surface area contributed by atoms with Crippen molar-refractivity contribution in [3.8, 4) is 5.75 Å². The third-order valence-corrected chi connectivity index (χ3v) is 4.59. The Morgan fingerprint density at radius 2 is 2.10 bits per heavy atom. The van der Waals surface area contributed by atoms with Gasteiger partial charge in [0.15, 0.2) is 0 Å². The van der Waals surface area contributed by atoms with Crippen LogP contribution in [0.15, 0.2) is 22.7 Å². The van der Waals surface area contributed by atoms with Crippen LogP contribution in [-0.2, 0) is 25.5 Å². The van der Waals surface area contributed by atoms with Crippen LogP contribution >= 0.6 is 39.1 Å². The fourth-order valence-corrected chi connectivity index (χ4v) is 3.17. The predicted octanol–water partition coefficient (Wildman–Crippen LogP) is 5.20. The van der Waals surface area contributed by atoms with Gasteiger partial charge in [0, 0.05) is 12.1 Å². The summed E-state index contributed by atoms with van der Waals surface area (Å²) in [5.74, 6) is 1.15. The molecule has 21 heavy (non-hydrogen) atoms. The van der Waals surface area contributed by atoms with E-state index in [4.69, 9.17) is 27.9 Å². The normalized spacial score (nSPS) is 10.9. The molecule has 114 valence electrons. The molecule has 1 aromatic carbocycles. The van der Waals surface area contributed by atoms with E-state index in [0.29, 0.717) is 17.5 Å². The second-order valence-corrected chi connectivity index (χ2v) is 6.03. The van der Waals surface area contributed by atoms with E-state index in [2.05, 4.69) is 21.0 Å². The number of hydrogen-bond acceptors (Lipinski definition) is 2. The Hall–Kier alpha value is -0.710. The first-order chi connectivity index (χ1) is 10.1. The molecule has 0 spiro atoms. The molecule has 0 unspecified atom stereocenters. The zero-order chi connectivity index (χ0) is 15.4. The largest absolute Gasteiger partial charge is 0.486 e. The Morgan fingerprint density at radius 3 is 2.71 bits per heavy atom. The van der Waals surface area contributed by atoms with Crippen molar-refractivity contribution in [3.05, 3.63) is 44.6 Å². The van der Waals surface area contributed by atoms with E-state index in [-0.39, 0.29) is 0 Å². The number of rotatable bonds is 6. The lowest BCUT2D eigenvalue weighted by Crippen LogP contribution is -2.07. The summed E-state index contributed by atoms with van der Waals surface area (Å²) in [7, 11) is 0. The van der Waals surface area contributed by atoms with E-state index >= 15 is 0 Å². The standard InChI is InChI=1S/C15H17BrCl2N2O/c1-3-12-14(18)13(20(4-2)19-12)9-21-15-10(8-17)6-5-7-11(15)16/h5-7H,3-4,8-9H2,1-2H3. The van der Waals surface area contributed by atoms with Crippen molar-refractivity contribution < 1.29 is 4.74 Å². The van der Waals surface area contributed by atoms with Crippen LogP contribution in [0.5, 0.6) is 5.75 Å². The van der Waals surface area contributed by atoms with Crippen molar-refractivity contribution in [2.75, 3.05) is 0 Å². The maximum Gasteiger partial charge on any atom is 0.138 e. The molecule has 0 bridgehead atoms. The molecule has 1 aromatic heterocycles. The minimum Gasteiger partial charge on any atom is -0.486 e. The summed E-state index contributed by atoms with van der Waals surface area (Å²) >= 11 is 15.8. The molecule has 0 saturated heterocycles. The molecular formula is C15H17BrCl2N2O. The SMILES string of the molecule is CCc1nn(CC)c(COc2c(Br)cccc2CCl)c1Cl. The molecule has 3 nitrogen and oxygen atoms in total. The van der Waals surface area contributed by atoms with Gasteiger partial charge < -0.3 is 4.74 Å². The number of hydrogen-bond donors (Lipinski definition) is 0. The zero-order valence-electron chi connectivity index (χ0n) is 12.0. The van der Waals surface area contributed by atoms with Gasteiger partial charge in [-0.1, -0.05) is 30.7 Å². The lowest BCUT2D eigenvalue weighted by molar-refractivity contribution is 0.288. The molecule has 0 saturated carbocycles. The van der Waals surface area contributed by atoms with Gasteiger partial charge in [-0.25, -0.2) is 0 Å². The van der Waals surface area contributed by atoms with E-state index in [1.165, 1.54) is 0 Å². The van der Waals surface area contributed by atoms with E-state index in [1.807, 2.05) is 36.7 Å². The average Bonchev–Trinajstić information content (AvgIpc) is 2.81. The molecule has 0 atom stereocenters. The molecule has 2 rings (SSSR count). The quantitative estimate of drug-likeness (QED) is 0.632. The number of ether oxygens (including phenoxy) is 1. The zero-order valence-corrected chi connectivity index (χ0v) is 15.1. The van der Waals surface area contributed by atoms with Gasteiger partial charge in [-0.15, -0.1) is 11.6 Å². The van der Waals surface area contributed by atoms with E-state index in [9.17, 15) is 0 Å². The molecule has 0 N–H and O–H groups in total. The van der Waals surface area contributed by atoms with Crippen molar-refractivity contribution in [2.45, 2.75) is 39.3 Å². The first-order valence-corrected chi connectivity index (χ1v) is 8.53. The number of nitrogens with zero attached hydrogens (tertiary/aromatic N) is 2. The lowest BCUT2D eigenvalue weighted by Gasteiger charge is -2.13. The predicted molar refractivity (Wildman–Crippen MR) is 90.3 cm³/mol. The topological polar surface area (TPSA) is 27.1 Å². The molecular weight excluding hydrogens is 375 g/mol. The van der Waals surface area contributed by atoms with Gasteiger partial charge in [-0.05, 0) is 35.3 Å². The monoisotopic (exact) mass is 390 g/mol. The number of benzene rings is 1. The van der Waals surface area contributed by atoms with Crippen molar-refractivity contribution in [3.63, 3.8) is 0 Å². The van der Waals surface area contributed by atoms with Crippen LogP contribution < -0.4 is 4.74 Å². The second-order valence-electron chi connectivity index (χ2n) is 4.53. The maximum absolute atomic E-state index is 6.39. The van der Waals surface area contributed by atoms with Crippen LogP contribution in [-0.4, -0.2) is 9.78 Å². The van der Waals surface area contributed by atoms with Gasteiger partial charge in [-0.2, -0.15) is 5.10 Å². The van der Waals surface area contributed by atoms with Crippen molar-refractivity contribution in [1.82, 2.24) is 9.78 Å². The highest BCUT2D eigenvalue weighted by molar-refractivity contribution is 9.10. The summed E-state index contributed by atoms with van der Waals surface area (Å²) in [6.45, 7) is 5.20. The first-order valence-electron chi connectivity index (χ1n) is 6.82. The Balaban J connectivity index is 2.26. The van der Waals surface area contributed by atoms with Crippen LogP contribution in [0.25, 0.3) is 0 Å². The van der Waals surface area contributed by atoms with E-state index in [0.717, 1.165) is 40.1 Å². The van der Waals surface area contributed by atoms with Gasteiger partial charge in [0.25, 0.3) is 0 Å². The lowest BCUT2D eigenvalue weighted by atomic mass is 10.2. The van der Waals surface area contributed by atoms with Crippen molar-refractivity contribution >= 4 is 39.1 Å². The smallest absolute Gasteiger partial charge is 0.138 e. The Morgan fingerprint density at radius 1 is 1.33 bits per heavy atom. The Kier molecular flexibility index (Phi) is 5.97. The minimum absolute atomic E-state index is 0.367. The third kappa shape index (κ3) is 3.55. The highest BCUT2D eigenvalue weighted by Crippen LogP contribution is 2.32. The number of alkyl halides is 1. The van der Waals surface area contributed by atoms with Crippen LogP contribution in [0, 0.1) is 0 Å². The number of halogens is 3. The number of aromatic nitrogens is 2. The summed E-state index contributed by atoms with van der Waals surface area (Å²) in [5, 5.41) is 5.18. The van der Waals surface area contributed by atoms with Crippen molar-refractivity contribution in [1.29, 1.82) is 0 Å². The molecule has 2 aromatic rings. The minimum atomic E-state index is 0.367. The van der Waals surface area contributed by atoms with Crippen LogP contribution in [0.4, 0.5) is 0 Å².